The number of carbonyl (C=O) groups is 1. The number of carbonyl (C=O) groups excluding carboxylic acids is 1. The standard InChI is InChI=1S/C13H20N2OS/c1-9-10(2)15(7-5-13(9)16)6-4-12-8-17-11(3)14-12/h8-10H,4-7H2,1-3H3. The normalized spacial score (nSPS) is 26.4. The van der Waals surface area contributed by atoms with Crippen LogP contribution in [0.3, 0.4) is 0 Å². The Morgan fingerprint density at radius 2 is 2.29 bits per heavy atom. The third-order valence-electron chi connectivity index (χ3n) is 3.77. The summed E-state index contributed by atoms with van der Waals surface area (Å²) in [6, 6.07) is 0.371. The van der Waals surface area contributed by atoms with E-state index in [4.69, 9.17) is 0 Å². The van der Waals surface area contributed by atoms with Gasteiger partial charge in [-0.25, -0.2) is 4.98 Å². The van der Waals surface area contributed by atoms with Gasteiger partial charge >= 0.3 is 0 Å². The van der Waals surface area contributed by atoms with Crippen molar-refractivity contribution >= 4 is 17.1 Å². The SMILES string of the molecule is Cc1nc(CCN2CCC(=O)C(C)C2C)cs1. The van der Waals surface area contributed by atoms with Gasteiger partial charge in [0.1, 0.15) is 5.78 Å². The van der Waals surface area contributed by atoms with Crippen LogP contribution in [0.25, 0.3) is 0 Å². The van der Waals surface area contributed by atoms with Gasteiger partial charge in [0.05, 0.1) is 10.7 Å². The minimum Gasteiger partial charge on any atom is -0.299 e. The molecule has 1 fully saturated rings. The Hall–Kier alpha value is -0.740. The lowest BCUT2D eigenvalue weighted by Gasteiger charge is -2.36. The zero-order valence-electron chi connectivity index (χ0n) is 10.8. The number of hydrogen-bond donors (Lipinski definition) is 0. The zero-order chi connectivity index (χ0) is 12.4. The molecule has 1 aromatic rings. The minimum atomic E-state index is 0.181. The van der Waals surface area contributed by atoms with Gasteiger partial charge < -0.3 is 0 Å². The molecule has 0 spiro atoms. The molecule has 0 aliphatic carbocycles. The molecule has 2 atom stereocenters. The maximum atomic E-state index is 11.6. The van der Waals surface area contributed by atoms with E-state index in [9.17, 15) is 4.79 Å². The van der Waals surface area contributed by atoms with E-state index in [1.807, 2.05) is 13.8 Å². The molecule has 94 valence electrons. The number of aromatic nitrogens is 1. The first-order chi connectivity index (χ1) is 8.08. The van der Waals surface area contributed by atoms with E-state index in [1.54, 1.807) is 11.3 Å². The van der Waals surface area contributed by atoms with Crippen molar-refractivity contribution in [2.75, 3.05) is 13.1 Å². The van der Waals surface area contributed by atoms with Gasteiger partial charge in [0.15, 0.2) is 0 Å². The predicted molar refractivity (Wildman–Crippen MR) is 70.4 cm³/mol. The first-order valence-electron chi connectivity index (χ1n) is 6.25. The van der Waals surface area contributed by atoms with Crippen LogP contribution in [0.4, 0.5) is 0 Å². The van der Waals surface area contributed by atoms with Crippen molar-refractivity contribution in [3.05, 3.63) is 16.1 Å². The Kier molecular flexibility index (Phi) is 3.94. The van der Waals surface area contributed by atoms with Crippen molar-refractivity contribution in [1.82, 2.24) is 9.88 Å². The molecule has 2 heterocycles. The average molecular weight is 252 g/mol. The molecule has 2 rings (SSSR count). The van der Waals surface area contributed by atoms with Crippen LogP contribution in [-0.2, 0) is 11.2 Å². The molecular weight excluding hydrogens is 232 g/mol. The van der Waals surface area contributed by atoms with Crippen molar-refractivity contribution in [3.63, 3.8) is 0 Å². The van der Waals surface area contributed by atoms with Gasteiger partial charge in [-0.05, 0) is 13.8 Å². The average Bonchev–Trinajstić information content (AvgIpc) is 2.71. The summed E-state index contributed by atoms with van der Waals surface area (Å²) in [4.78, 5) is 18.5. The van der Waals surface area contributed by atoms with Crippen molar-refractivity contribution in [3.8, 4) is 0 Å². The van der Waals surface area contributed by atoms with E-state index in [0.29, 0.717) is 18.2 Å². The molecular formula is C13H20N2OS. The minimum absolute atomic E-state index is 0.181. The van der Waals surface area contributed by atoms with Crippen LogP contribution in [0.1, 0.15) is 31.0 Å². The van der Waals surface area contributed by atoms with Gasteiger partial charge in [-0.1, -0.05) is 6.92 Å². The second-order valence-electron chi connectivity index (χ2n) is 4.89. The van der Waals surface area contributed by atoms with Crippen molar-refractivity contribution < 1.29 is 4.79 Å². The van der Waals surface area contributed by atoms with Crippen molar-refractivity contribution in [2.24, 2.45) is 5.92 Å². The lowest BCUT2D eigenvalue weighted by molar-refractivity contribution is -0.127. The molecule has 3 nitrogen and oxygen atoms in total. The van der Waals surface area contributed by atoms with Crippen LogP contribution in [-0.4, -0.2) is 34.8 Å². The van der Waals surface area contributed by atoms with E-state index in [0.717, 1.165) is 24.5 Å². The number of nitrogens with zero attached hydrogens (tertiary/aromatic N) is 2. The van der Waals surface area contributed by atoms with Crippen molar-refractivity contribution in [1.29, 1.82) is 0 Å². The Balaban J connectivity index is 1.89. The number of thiazole rings is 1. The van der Waals surface area contributed by atoms with Crippen LogP contribution in [0.5, 0.6) is 0 Å². The molecule has 4 heteroatoms. The number of hydrogen-bond acceptors (Lipinski definition) is 4. The summed E-state index contributed by atoms with van der Waals surface area (Å²) in [7, 11) is 0. The van der Waals surface area contributed by atoms with E-state index in [-0.39, 0.29) is 5.92 Å². The van der Waals surface area contributed by atoms with Crippen LogP contribution in [0.2, 0.25) is 0 Å². The number of rotatable bonds is 3. The van der Waals surface area contributed by atoms with Gasteiger partial charge in [0.25, 0.3) is 0 Å². The molecule has 1 aliphatic rings. The fraction of sp³-hybridized carbons (Fsp3) is 0.692. The molecule has 0 N–H and O–H groups in total. The smallest absolute Gasteiger partial charge is 0.138 e. The number of Topliss-reactive ketones (excluding diaryl/α,β-unsaturated/α-hetero) is 1. The van der Waals surface area contributed by atoms with Gasteiger partial charge in [0.2, 0.25) is 0 Å². The van der Waals surface area contributed by atoms with Crippen molar-refractivity contribution in [2.45, 2.75) is 39.7 Å². The third-order valence-corrected chi connectivity index (χ3v) is 4.60. The fourth-order valence-electron chi connectivity index (χ4n) is 2.37. The highest BCUT2D eigenvalue weighted by Crippen LogP contribution is 2.20. The van der Waals surface area contributed by atoms with Gasteiger partial charge in [-0.2, -0.15) is 0 Å². The quantitative estimate of drug-likeness (QED) is 0.827. The number of aryl methyl sites for hydroxylation is 1. The number of likely N-dealkylation sites (tertiary alicyclic amines) is 1. The Bertz CT molecular complexity index is 402. The highest BCUT2D eigenvalue weighted by atomic mass is 32.1. The Morgan fingerprint density at radius 3 is 2.94 bits per heavy atom. The summed E-state index contributed by atoms with van der Waals surface area (Å²) in [5.74, 6) is 0.596. The zero-order valence-corrected chi connectivity index (χ0v) is 11.6. The van der Waals surface area contributed by atoms with Gasteiger partial charge in [-0.15, -0.1) is 11.3 Å². The number of ketones is 1. The molecule has 1 aromatic heterocycles. The first-order valence-corrected chi connectivity index (χ1v) is 7.13. The van der Waals surface area contributed by atoms with Crippen LogP contribution in [0, 0.1) is 12.8 Å². The molecule has 0 amide bonds. The maximum absolute atomic E-state index is 11.6. The topological polar surface area (TPSA) is 33.2 Å². The summed E-state index contributed by atoms with van der Waals surface area (Å²) in [6.07, 6.45) is 1.71. The fourth-order valence-corrected chi connectivity index (χ4v) is 3.01. The molecule has 0 radical (unpaired) electrons. The largest absolute Gasteiger partial charge is 0.299 e. The summed E-state index contributed by atoms with van der Waals surface area (Å²) in [5.41, 5.74) is 1.18. The second kappa shape index (κ2) is 5.27. The highest BCUT2D eigenvalue weighted by molar-refractivity contribution is 7.09. The second-order valence-corrected chi connectivity index (χ2v) is 5.95. The third kappa shape index (κ3) is 2.93. The van der Waals surface area contributed by atoms with E-state index in [1.165, 1.54) is 5.69 Å². The van der Waals surface area contributed by atoms with Crippen LogP contribution >= 0.6 is 11.3 Å². The summed E-state index contributed by atoms with van der Waals surface area (Å²) in [5, 5.41) is 3.27. The lowest BCUT2D eigenvalue weighted by Crippen LogP contribution is -2.47. The monoisotopic (exact) mass is 252 g/mol. The number of piperidine rings is 1. The molecule has 0 bridgehead atoms. The maximum Gasteiger partial charge on any atom is 0.138 e. The van der Waals surface area contributed by atoms with Gasteiger partial charge in [-0.3, -0.25) is 9.69 Å². The predicted octanol–water partition coefficient (Wildman–Crippen LogP) is 2.29. The first kappa shape index (κ1) is 12.7. The van der Waals surface area contributed by atoms with E-state index in [2.05, 4.69) is 22.2 Å². The van der Waals surface area contributed by atoms with Crippen LogP contribution in [0.15, 0.2) is 5.38 Å². The van der Waals surface area contributed by atoms with Gasteiger partial charge in [0, 0.05) is 43.3 Å². The Labute approximate surface area is 107 Å². The molecule has 1 saturated heterocycles. The Morgan fingerprint density at radius 1 is 1.53 bits per heavy atom. The molecule has 1 aliphatic heterocycles. The molecule has 17 heavy (non-hydrogen) atoms. The summed E-state index contributed by atoms with van der Waals surface area (Å²) in [6.45, 7) is 8.17. The highest BCUT2D eigenvalue weighted by Gasteiger charge is 2.30. The summed E-state index contributed by atoms with van der Waals surface area (Å²) < 4.78 is 0. The van der Waals surface area contributed by atoms with E-state index >= 15 is 0 Å². The molecule has 2 unspecified atom stereocenters. The van der Waals surface area contributed by atoms with E-state index < -0.39 is 0 Å². The summed E-state index contributed by atoms with van der Waals surface area (Å²) >= 11 is 1.71. The van der Waals surface area contributed by atoms with Crippen LogP contribution < -0.4 is 0 Å². The molecule has 0 aromatic carbocycles. The molecule has 0 saturated carbocycles. The lowest BCUT2D eigenvalue weighted by atomic mass is 9.90.